The number of hydrogen-bond acceptors (Lipinski definition) is 5. The SMILES string of the molecule is CCOc1ccc(NC(C)CS(C)(=O)=O)cc1CO. The van der Waals surface area contributed by atoms with E-state index in [0.717, 1.165) is 5.69 Å². The standard InChI is InChI=1S/C13H21NO4S/c1-4-18-13-6-5-12(7-11(13)8-15)14-10(2)9-19(3,16)17/h5-7,10,14-15H,4,8-9H2,1-3H3. The van der Waals surface area contributed by atoms with Crippen LogP contribution >= 0.6 is 0 Å². The first-order valence-corrected chi connectivity index (χ1v) is 8.22. The second-order valence-corrected chi connectivity index (χ2v) is 6.74. The van der Waals surface area contributed by atoms with E-state index >= 15 is 0 Å². The van der Waals surface area contributed by atoms with Crippen LogP contribution in [0.4, 0.5) is 5.69 Å². The summed E-state index contributed by atoms with van der Waals surface area (Å²) in [5, 5.41) is 12.4. The third-order valence-electron chi connectivity index (χ3n) is 2.50. The van der Waals surface area contributed by atoms with E-state index in [4.69, 9.17) is 4.74 Å². The van der Waals surface area contributed by atoms with Crippen molar-refractivity contribution >= 4 is 15.5 Å². The minimum absolute atomic E-state index is 0.0642. The summed E-state index contributed by atoms with van der Waals surface area (Å²) in [7, 11) is -3.01. The lowest BCUT2D eigenvalue weighted by molar-refractivity contribution is 0.267. The summed E-state index contributed by atoms with van der Waals surface area (Å²) in [6.45, 7) is 4.09. The lowest BCUT2D eigenvalue weighted by atomic mass is 10.1. The molecule has 0 bridgehead atoms. The largest absolute Gasteiger partial charge is 0.494 e. The van der Waals surface area contributed by atoms with Gasteiger partial charge >= 0.3 is 0 Å². The summed E-state index contributed by atoms with van der Waals surface area (Å²) in [5.41, 5.74) is 1.45. The zero-order valence-corrected chi connectivity index (χ0v) is 12.3. The van der Waals surface area contributed by atoms with E-state index in [1.807, 2.05) is 13.0 Å². The Morgan fingerprint density at radius 1 is 1.42 bits per heavy atom. The Balaban J connectivity index is 2.79. The van der Waals surface area contributed by atoms with Crippen molar-refractivity contribution in [1.29, 1.82) is 0 Å². The number of aliphatic hydroxyl groups excluding tert-OH is 1. The van der Waals surface area contributed by atoms with Gasteiger partial charge in [0.25, 0.3) is 0 Å². The van der Waals surface area contributed by atoms with E-state index in [1.54, 1.807) is 19.1 Å². The smallest absolute Gasteiger partial charge is 0.149 e. The van der Waals surface area contributed by atoms with Gasteiger partial charge in [-0.05, 0) is 32.0 Å². The van der Waals surface area contributed by atoms with Gasteiger partial charge in [0.1, 0.15) is 15.6 Å². The lowest BCUT2D eigenvalue weighted by Crippen LogP contribution is -2.25. The zero-order chi connectivity index (χ0) is 14.5. The summed E-state index contributed by atoms with van der Waals surface area (Å²) < 4.78 is 27.8. The van der Waals surface area contributed by atoms with Gasteiger partial charge in [-0.3, -0.25) is 0 Å². The van der Waals surface area contributed by atoms with Crippen molar-refractivity contribution in [2.45, 2.75) is 26.5 Å². The molecule has 0 aliphatic heterocycles. The van der Waals surface area contributed by atoms with Crippen LogP contribution in [0.2, 0.25) is 0 Å². The van der Waals surface area contributed by atoms with Crippen LogP contribution in [0.3, 0.4) is 0 Å². The van der Waals surface area contributed by atoms with Crippen molar-refractivity contribution in [2.24, 2.45) is 0 Å². The molecule has 1 unspecified atom stereocenters. The van der Waals surface area contributed by atoms with E-state index in [9.17, 15) is 13.5 Å². The summed E-state index contributed by atoms with van der Waals surface area (Å²) in [6.07, 6.45) is 1.21. The summed E-state index contributed by atoms with van der Waals surface area (Å²) in [6, 6.07) is 5.15. The Bertz CT molecular complexity index is 513. The maximum absolute atomic E-state index is 11.2. The molecule has 0 aromatic heterocycles. The molecule has 2 N–H and O–H groups in total. The van der Waals surface area contributed by atoms with Crippen LogP contribution in [0.15, 0.2) is 18.2 Å². The van der Waals surface area contributed by atoms with Crippen LogP contribution in [0.1, 0.15) is 19.4 Å². The van der Waals surface area contributed by atoms with Crippen LogP contribution in [0.5, 0.6) is 5.75 Å². The third kappa shape index (κ3) is 5.48. The van der Waals surface area contributed by atoms with Crippen molar-refractivity contribution in [3.05, 3.63) is 23.8 Å². The number of benzene rings is 1. The number of hydrogen-bond donors (Lipinski definition) is 2. The first-order valence-electron chi connectivity index (χ1n) is 6.16. The second-order valence-electron chi connectivity index (χ2n) is 4.55. The number of rotatable bonds is 7. The maximum Gasteiger partial charge on any atom is 0.149 e. The molecule has 0 fully saturated rings. The molecule has 1 aromatic carbocycles. The fourth-order valence-electron chi connectivity index (χ4n) is 1.87. The Morgan fingerprint density at radius 2 is 2.11 bits per heavy atom. The summed E-state index contributed by atoms with van der Waals surface area (Å²) in [5.74, 6) is 0.709. The fraction of sp³-hybridized carbons (Fsp3) is 0.538. The van der Waals surface area contributed by atoms with Gasteiger partial charge < -0.3 is 15.2 Å². The Kier molecular flexibility index (Phi) is 5.62. The van der Waals surface area contributed by atoms with Crippen molar-refractivity contribution < 1.29 is 18.3 Å². The topological polar surface area (TPSA) is 75.6 Å². The molecule has 0 spiro atoms. The van der Waals surface area contributed by atoms with E-state index in [-0.39, 0.29) is 18.4 Å². The lowest BCUT2D eigenvalue weighted by Gasteiger charge is -2.16. The average molecular weight is 287 g/mol. The Hall–Kier alpha value is -1.27. The summed E-state index contributed by atoms with van der Waals surface area (Å²) >= 11 is 0. The highest BCUT2D eigenvalue weighted by Gasteiger charge is 2.11. The van der Waals surface area contributed by atoms with Crippen LogP contribution in [-0.2, 0) is 16.4 Å². The van der Waals surface area contributed by atoms with Gasteiger partial charge in [-0.1, -0.05) is 0 Å². The molecule has 0 aliphatic rings. The van der Waals surface area contributed by atoms with Crippen LogP contribution in [0.25, 0.3) is 0 Å². The molecule has 5 nitrogen and oxygen atoms in total. The third-order valence-corrected chi connectivity index (χ3v) is 3.60. The quantitative estimate of drug-likeness (QED) is 0.793. The first-order chi connectivity index (χ1) is 8.85. The Labute approximate surface area is 114 Å². The second kappa shape index (κ2) is 6.77. The molecule has 0 amide bonds. The van der Waals surface area contributed by atoms with Gasteiger partial charge in [0.2, 0.25) is 0 Å². The predicted molar refractivity (Wildman–Crippen MR) is 76.3 cm³/mol. The van der Waals surface area contributed by atoms with Gasteiger partial charge in [-0.2, -0.15) is 0 Å². The van der Waals surface area contributed by atoms with E-state index < -0.39 is 9.84 Å². The molecule has 1 atom stereocenters. The number of ether oxygens (including phenoxy) is 1. The first kappa shape index (κ1) is 15.8. The normalized spacial score (nSPS) is 13.1. The van der Waals surface area contributed by atoms with Gasteiger partial charge in [0, 0.05) is 23.5 Å². The van der Waals surface area contributed by atoms with Crippen molar-refractivity contribution in [1.82, 2.24) is 0 Å². The monoisotopic (exact) mass is 287 g/mol. The van der Waals surface area contributed by atoms with Gasteiger partial charge in [0.05, 0.1) is 19.0 Å². The average Bonchev–Trinajstić information content (AvgIpc) is 2.28. The van der Waals surface area contributed by atoms with Gasteiger partial charge in [0.15, 0.2) is 0 Å². The van der Waals surface area contributed by atoms with Crippen molar-refractivity contribution in [3.63, 3.8) is 0 Å². The molecule has 0 aliphatic carbocycles. The number of anilines is 1. The highest BCUT2D eigenvalue weighted by molar-refractivity contribution is 7.90. The fourth-order valence-corrected chi connectivity index (χ4v) is 2.86. The minimum atomic E-state index is -3.01. The minimum Gasteiger partial charge on any atom is -0.494 e. The molecule has 108 valence electrons. The maximum atomic E-state index is 11.2. The molecule has 19 heavy (non-hydrogen) atoms. The molecule has 0 radical (unpaired) electrons. The van der Waals surface area contributed by atoms with E-state index in [0.29, 0.717) is 17.9 Å². The van der Waals surface area contributed by atoms with Crippen LogP contribution in [-0.4, -0.2) is 38.2 Å². The van der Waals surface area contributed by atoms with Crippen LogP contribution in [0, 0.1) is 0 Å². The predicted octanol–water partition coefficient (Wildman–Crippen LogP) is 1.42. The number of aliphatic hydroxyl groups is 1. The van der Waals surface area contributed by atoms with E-state index in [2.05, 4.69) is 5.32 Å². The zero-order valence-electron chi connectivity index (χ0n) is 11.5. The molecule has 1 aromatic rings. The van der Waals surface area contributed by atoms with E-state index in [1.165, 1.54) is 6.26 Å². The molecule has 1 rings (SSSR count). The summed E-state index contributed by atoms with van der Waals surface area (Å²) in [4.78, 5) is 0. The van der Waals surface area contributed by atoms with Gasteiger partial charge in [-0.25, -0.2) is 8.42 Å². The highest BCUT2D eigenvalue weighted by Crippen LogP contribution is 2.23. The highest BCUT2D eigenvalue weighted by atomic mass is 32.2. The molecule has 0 heterocycles. The van der Waals surface area contributed by atoms with Crippen molar-refractivity contribution in [3.8, 4) is 5.75 Å². The molecule has 0 saturated heterocycles. The van der Waals surface area contributed by atoms with Crippen molar-refractivity contribution in [2.75, 3.05) is 23.9 Å². The molecule has 6 heteroatoms. The number of nitrogens with one attached hydrogen (secondary N) is 1. The molecular weight excluding hydrogens is 266 g/mol. The molecular formula is C13H21NO4S. The van der Waals surface area contributed by atoms with Gasteiger partial charge in [-0.15, -0.1) is 0 Å². The number of sulfone groups is 1. The van der Waals surface area contributed by atoms with Crippen LogP contribution < -0.4 is 10.1 Å². The Morgan fingerprint density at radius 3 is 2.63 bits per heavy atom. The molecule has 0 saturated carbocycles.